The molecule has 1 fully saturated rings. The Morgan fingerprint density at radius 3 is 2.85 bits per heavy atom. The fraction of sp³-hybridized carbons (Fsp3) is 0.263. The van der Waals surface area contributed by atoms with Crippen molar-refractivity contribution >= 4 is 43.9 Å². The van der Waals surface area contributed by atoms with Crippen molar-refractivity contribution in [2.45, 2.75) is 17.1 Å². The molecule has 0 saturated carbocycles. The van der Waals surface area contributed by atoms with Crippen molar-refractivity contribution in [2.75, 3.05) is 18.4 Å². The summed E-state index contributed by atoms with van der Waals surface area (Å²) in [7, 11) is -3.53. The molecule has 1 amide bonds. The summed E-state index contributed by atoms with van der Waals surface area (Å²) < 4.78 is 27.2. The molecule has 27 heavy (non-hydrogen) atoms. The van der Waals surface area contributed by atoms with Gasteiger partial charge in [0.1, 0.15) is 4.21 Å². The van der Waals surface area contributed by atoms with Crippen molar-refractivity contribution < 1.29 is 13.2 Å². The zero-order valence-corrected chi connectivity index (χ0v) is 16.2. The first-order valence-electron chi connectivity index (χ1n) is 8.74. The summed E-state index contributed by atoms with van der Waals surface area (Å²) in [6.07, 6.45) is 3.02. The van der Waals surface area contributed by atoms with E-state index in [1.165, 1.54) is 15.6 Å². The lowest BCUT2D eigenvalue weighted by molar-refractivity contribution is -0.120. The van der Waals surface area contributed by atoms with Crippen LogP contribution in [0.2, 0.25) is 0 Å². The number of para-hydroxylation sites is 1. The first kappa shape index (κ1) is 18.1. The summed E-state index contributed by atoms with van der Waals surface area (Å²) in [6, 6.07) is 12.7. The Labute approximate surface area is 161 Å². The molecule has 0 spiro atoms. The van der Waals surface area contributed by atoms with E-state index in [4.69, 9.17) is 0 Å². The first-order valence-corrected chi connectivity index (χ1v) is 11.1. The molecule has 1 aliphatic heterocycles. The van der Waals surface area contributed by atoms with Crippen LogP contribution in [0, 0.1) is 5.92 Å². The quantitative estimate of drug-likeness (QED) is 0.727. The number of nitrogens with one attached hydrogen (secondary N) is 1. The summed E-state index contributed by atoms with van der Waals surface area (Å²) in [5, 5.41) is 5.63. The van der Waals surface area contributed by atoms with Crippen LogP contribution >= 0.6 is 11.3 Å². The van der Waals surface area contributed by atoms with E-state index in [9.17, 15) is 13.2 Å². The lowest BCUT2D eigenvalue weighted by atomic mass is 9.98. The molecule has 3 heterocycles. The summed E-state index contributed by atoms with van der Waals surface area (Å²) in [5.74, 6) is -0.549. The van der Waals surface area contributed by atoms with Crippen LogP contribution < -0.4 is 5.32 Å². The van der Waals surface area contributed by atoms with Crippen molar-refractivity contribution in [1.82, 2.24) is 9.29 Å². The Morgan fingerprint density at radius 1 is 1.19 bits per heavy atom. The number of thiophene rings is 1. The summed E-state index contributed by atoms with van der Waals surface area (Å²) in [4.78, 5) is 17.2. The molecular weight excluding hydrogens is 382 g/mol. The van der Waals surface area contributed by atoms with Gasteiger partial charge in [-0.1, -0.05) is 24.3 Å². The van der Waals surface area contributed by atoms with E-state index in [1.54, 1.807) is 23.7 Å². The normalized spacial score (nSPS) is 18.4. The molecule has 0 unspecified atom stereocenters. The van der Waals surface area contributed by atoms with Gasteiger partial charge in [0.15, 0.2) is 0 Å². The molecule has 1 saturated heterocycles. The molecule has 1 aliphatic rings. The average Bonchev–Trinajstić information content (AvgIpc) is 3.24. The van der Waals surface area contributed by atoms with Crippen LogP contribution in [0.3, 0.4) is 0 Å². The number of sulfonamides is 1. The third kappa shape index (κ3) is 3.60. The van der Waals surface area contributed by atoms with E-state index in [-0.39, 0.29) is 18.4 Å². The molecule has 0 radical (unpaired) electrons. The maximum absolute atomic E-state index is 12.8. The van der Waals surface area contributed by atoms with E-state index >= 15 is 0 Å². The van der Waals surface area contributed by atoms with E-state index in [0.29, 0.717) is 29.3 Å². The van der Waals surface area contributed by atoms with Gasteiger partial charge in [-0.3, -0.25) is 9.78 Å². The number of piperidine rings is 1. The van der Waals surface area contributed by atoms with Gasteiger partial charge in [-0.15, -0.1) is 11.3 Å². The van der Waals surface area contributed by atoms with Gasteiger partial charge < -0.3 is 5.32 Å². The van der Waals surface area contributed by atoms with Crippen LogP contribution in [0.25, 0.3) is 10.9 Å². The second kappa shape index (κ2) is 7.38. The summed E-state index contributed by atoms with van der Waals surface area (Å²) >= 11 is 1.20. The molecule has 1 atom stereocenters. The number of amides is 1. The highest BCUT2D eigenvalue weighted by atomic mass is 32.2. The van der Waals surface area contributed by atoms with E-state index in [0.717, 1.165) is 10.9 Å². The van der Waals surface area contributed by atoms with Crippen molar-refractivity contribution in [3.8, 4) is 0 Å². The van der Waals surface area contributed by atoms with Crippen LogP contribution in [-0.4, -0.2) is 36.7 Å². The van der Waals surface area contributed by atoms with Crippen LogP contribution in [0.4, 0.5) is 5.69 Å². The minimum atomic E-state index is -3.53. The standard InChI is InChI=1S/C19H19N3O3S2/c23-19(21-16-8-1-5-14-6-2-10-20-18(14)16)15-7-3-11-22(13-15)27(24,25)17-9-4-12-26-17/h1-2,4-6,8-10,12,15H,3,7,11,13H2,(H,21,23)/t15-/m1/s1. The van der Waals surface area contributed by atoms with Crippen molar-refractivity contribution in [2.24, 2.45) is 5.92 Å². The smallest absolute Gasteiger partial charge is 0.252 e. The van der Waals surface area contributed by atoms with Gasteiger partial charge in [-0.2, -0.15) is 4.31 Å². The van der Waals surface area contributed by atoms with E-state index in [1.807, 2.05) is 30.3 Å². The second-order valence-electron chi connectivity index (χ2n) is 6.50. The minimum Gasteiger partial charge on any atom is -0.324 e. The Bertz CT molecular complexity index is 1060. The monoisotopic (exact) mass is 401 g/mol. The molecule has 3 aromatic rings. The van der Waals surface area contributed by atoms with Gasteiger partial charge in [0.2, 0.25) is 5.91 Å². The Kier molecular flexibility index (Phi) is 4.94. The zero-order valence-electron chi connectivity index (χ0n) is 14.5. The predicted molar refractivity (Wildman–Crippen MR) is 106 cm³/mol. The molecule has 4 rings (SSSR count). The Hall–Kier alpha value is -2.29. The van der Waals surface area contributed by atoms with Gasteiger partial charge in [0, 0.05) is 24.7 Å². The predicted octanol–water partition coefficient (Wildman–Crippen LogP) is 3.34. The highest BCUT2D eigenvalue weighted by Crippen LogP contribution is 2.28. The first-order chi connectivity index (χ1) is 13.1. The topological polar surface area (TPSA) is 79.4 Å². The lowest BCUT2D eigenvalue weighted by Crippen LogP contribution is -2.43. The number of nitrogens with zero attached hydrogens (tertiary/aromatic N) is 2. The highest BCUT2D eigenvalue weighted by molar-refractivity contribution is 7.91. The number of hydrogen-bond acceptors (Lipinski definition) is 5. The van der Waals surface area contributed by atoms with Crippen molar-refractivity contribution in [1.29, 1.82) is 0 Å². The maximum atomic E-state index is 12.8. The molecule has 0 bridgehead atoms. The molecule has 0 aliphatic carbocycles. The third-order valence-electron chi connectivity index (χ3n) is 4.73. The van der Waals surface area contributed by atoms with Gasteiger partial charge in [-0.25, -0.2) is 8.42 Å². The van der Waals surface area contributed by atoms with Crippen molar-refractivity contribution in [3.05, 3.63) is 54.0 Å². The average molecular weight is 402 g/mol. The summed E-state index contributed by atoms with van der Waals surface area (Å²) in [6.45, 7) is 0.643. The molecule has 1 aromatic carbocycles. The fourth-order valence-electron chi connectivity index (χ4n) is 3.35. The number of rotatable bonds is 4. The van der Waals surface area contributed by atoms with Crippen LogP contribution in [0.1, 0.15) is 12.8 Å². The molecule has 140 valence electrons. The van der Waals surface area contributed by atoms with E-state index < -0.39 is 10.0 Å². The zero-order chi connectivity index (χ0) is 18.9. The number of benzene rings is 1. The molecule has 6 nitrogen and oxygen atoms in total. The number of carbonyl (C=O) groups is 1. The Balaban J connectivity index is 1.52. The SMILES string of the molecule is O=C(Nc1cccc2cccnc12)[C@@H]1CCCN(S(=O)(=O)c2cccs2)C1. The molecule has 2 aromatic heterocycles. The third-order valence-corrected chi connectivity index (χ3v) is 7.97. The highest BCUT2D eigenvalue weighted by Gasteiger charge is 2.33. The second-order valence-corrected chi connectivity index (χ2v) is 9.62. The van der Waals surface area contributed by atoms with Crippen LogP contribution in [0.5, 0.6) is 0 Å². The summed E-state index contributed by atoms with van der Waals surface area (Å²) in [5.41, 5.74) is 1.38. The van der Waals surface area contributed by atoms with Gasteiger partial charge in [0.25, 0.3) is 10.0 Å². The Morgan fingerprint density at radius 2 is 2.04 bits per heavy atom. The number of pyridine rings is 1. The fourth-order valence-corrected chi connectivity index (χ4v) is 6.02. The van der Waals surface area contributed by atoms with Gasteiger partial charge in [-0.05, 0) is 36.4 Å². The minimum absolute atomic E-state index is 0.167. The lowest BCUT2D eigenvalue weighted by Gasteiger charge is -2.30. The molecular formula is C19H19N3O3S2. The van der Waals surface area contributed by atoms with Crippen LogP contribution in [-0.2, 0) is 14.8 Å². The van der Waals surface area contributed by atoms with Crippen LogP contribution in [0.15, 0.2) is 58.3 Å². The van der Waals surface area contributed by atoms with Crippen molar-refractivity contribution in [3.63, 3.8) is 0 Å². The maximum Gasteiger partial charge on any atom is 0.252 e. The number of hydrogen-bond donors (Lipinski definition) is 1. The number of aromatic nitrogens is 1. The largest absolute Gasteiger partial charge is 0.324 e. The number of anilines is 1. The van der Waals surface area contributed by atoms with Gasteiger partial charge in [0.05, 0.1) is 17.1 Å². The molecule has 8 heteroatoms. The molecule has 1 N–H and O–H groups in total. The van der Waals surface area contributed by atoms with E-state index in [2.05, 4.69) is 10.3 Å². The number of fused-ring (bicyclic) bond motifs is 1. The number of carbonyl (C=O) groups excluding carboxylic acids is 1. The van der Waals surface area contributed by atoms with Gasteiger partial charge >= 0.3 is 0 Å².